The van der Waals surface area contributed by atoms with Gasteiger partial charge in [0.25, 0.3) is 5.69 Å². The van der Waals surface area contributed by atoms with Crippen molar-refractivity contribution in [1.82, 2.24) is 9.29 Å². The van der Waals surface area contributed by atoms with E-state index < -0.39 is 39.2 Å². The van der Waals surface area contributed by atoms with Crippen LogP contribution in [0.5, 0.6) is 0 Å². The van der Waals surface area contributed by atoms with Crippen LogP contribution in [-0.4, -0.2) is 54.1 Å². The summed E-state index contributed by atoms with van der Waals surface area (Å²) in [6.07, 6.45) is 2.04. The number of rotatable bonds is 7. The van der Waals surface area contributed by atoms with E-state index in [9.17, 15) is 28.1 Å². The van der Waals surface area contributed by atoms with E-state index in [4.69, 9.17) is 4.74 Å². The van der Waals surface area contributed by atoms with Gasteiger partial charge in [-0.25, -0.2) is 8.42 Å². The third-order valence-corrected chi connectivity index (χ3v) is 7.66. The van der Waals surface area contributed by atoms with Crippen LogP contribution in [0, 0.1) is 16.0 Å². The number of piperidine rings is 1. The highest BCUT2D eigenvalue weighted by molar-refractivity contribution is 7.89. The molecule has 3 aromatic rings. The lowest BCUT2D eigenvalue weighted by Crippen LogP contribution is -2.40. The maximum Gasteiger partial charge on any atom is 0.309 e. The van der Waals surface area contributed by atoms with Crippen molar-refractivity contribution in [3.8, 4) is 0 Å². The normalized spacial score (nSPS) is 15.2. The van der Waals surface area contributed by atoms with Crippen LogP contribution in [0.15, 0.2) is 65.7 Å². The van der Waals surface area contributed by atoms with E-state index in [1.54, 1.807) is 30.5 Å². The van der Waals surface area contributed by atoms with E-state index in [1.165, 1.54) is 28.6 Å². The Labute approximate surface area is 195 Å². The van der Waals surface area contributed by atoms with E-state index in [0.717, 1.165) is 11.5 Å². The number of ether oxygens (including phenoxy) is 1. The zero-order valence-electron chi connectivity index (χ0n) is 18.0. The number of Topliss-reactive ketones (excluding diaryl/α,β-unsaturated/α-hetero) is 1. The van der Waals surface area contributed by atoms with Gasteiger partial charge in [-0.2, -0.15) is 4.31 Å². The minimum absolute atomic E-state index is 0.0756. The highest BCUT2D eigenvalue weighted by atomic mass is 32.2. The van der Waals surface area contributed by atoms with Crippen LogP contribution in [-0.2, 0) is 19.6 Å². The number of fused-ring (bicyclic) bond motifs is 1. The lowest BCUT2D eigenvalue weighted by Gasteiger charge is -2.30. The molecule has 1 fully saturated rings. The number of carbonyl (C=O) groups is 2. The van der Waals surface area contributed by atoms with Gasteiger partial charge in [-0.1, -0.05) is 30.3 Å². The fraction of sp³-hybridized carbons (Fsp3) is 0.261. The highest BCUT2D eigenvalue weighted by Gasteiger charge is 2.34. The van der Waals surface area contributed by atoms with E-state index in [-0.39, 0.29) is 42.1 Å². The first kappa shape index (κ1) is 23.5. The van der Waals surface area contributed by atoms with Crippen molar-refractivity contribution in [1.29, 1.82) is 0 Å². The van der Waals surface area contributed by atoms with Crippen LogP contribution in [0.3, 0.4) is 0 Å². The van der Waals surface area contributed by atoms with Gasteiger partial charge in [0.1, 0.15) is 4.90 Å². The zero-order valence-corrected chi connectivity index (χ0v) is 18.8. The maximum atomic E-state index is 13.2. The van der Waals surface area contributed by atoms with Gasteiger partial charge in [0.15, 0.2) is 6.61 Å². The fourth-order valence-electron chi connectivity index (χ4n) is 3.89. The van der Waals surface area contributed by atoms with Gasteiger partial charge in [-0.05, 0) is 25.0 Å². The van der Waals surface area contributed by atoms with Crippen LogP contribution < -0.4 is 0 Å². The number of benzene rings is 2. The molecule has 0 bridgehead atoms. The Morgan fingerprint density at radius 2 is 1.79 bits per heavy atom. The van der Waals surface area contributed by atoms with Gasteiger partial charge in [-0.3, -0.25) is 24.7 Å². The lowest BCUT2D eigenvalue weighted by molar-refractivity contribution is -0.384. The summed E-state index contributed by atoms with van der Waals surface area (Å²) in [6, 6.07) is 13.7. The summed E-state index contributed by atoms with van der Waals surface area (Å²) in [5.41, 5.74) is 0.241. The van der Waals surface area contributed by atoms with Gasteiger partial charge in [0.2, 0.25) is 15.8 Å². The molecule has 0 amide bonds. The first-order chi connectivity index (χ1) is 16.3. The number of aromatic nitrogens is 1. The molecule has 10 nitrogen and oxygen atoms in total. The summed E-state index contributed by atoms with van der Waals surface area (Å²) < 4.78 is 32.9. The topological polar surface area (TPSA) is 137 Å². The molecule has 2 aromatic carbocycles. The number of esters is 1. The summed E-state index contributed by atoms with van der Waals surface area (Å²) in [5, 5.41) is 11.6. The predicted octanol–water partition coefficient (Wildman–Crippen LogP) is 2.97. The number of para-hydroxylation sites is 1. The largest absolute Gasteiger partial charge is 0.457 e. The quantitative estimate of drug-likeness (QED) is 0.216. The number of nitrogens with zero attached hydrogens (tertiary/aromatic N) is 3. The summed E-state index contributed by atoms with van der Waals surface area (Å²) in [7, 11) is -3.80. The Bertz CT molecular complexity index is 1360. The molecule has 4 rings (SSSR count). The molecule has 1 aromatic heterocycles. The molecule has 0 N–H and O–H groups in total. The molecular weight excluding hydrogens is 462 g/mol. The molecule has 1 aliphatic rings. The molecule has 0 unspecified atom stereocenters. The second kappa shape index (κ2) is 9.65. The third kappa shape index (κ3) is 4.80. The molecule has 0 saturated carbocycles. The first-order valence-corrected chi connectivity index (χ1v) is 12.0. The molecule has 11 heteroatoms. The number of sulfonamides is 1. The number of hydrogen-bond acceptors (Lipinski definition) is 8. The summed E-state index contributed by atoms with van der Waals surface area (Å²) in [5.74, 6) is -1.70. The molecule has 1 aliphatic heterocycles. The number of nitro benzene ring substituents is 1. The molecule has 176 valence electrons. The average Bonchev–Trinajstić information content (AvgIpc) is 2.86. The second-order valence-corrected chi connectivity index (χ2v) is 9.75. The average molecular weight is 484 g/mol. The molecule has 0 spiro atoms. The smallest absolute Gasteiger partial charge is 0.309 e. The van der Waals surface area contributed by atoms with Crippen molar-refractivity contribution >= 4 is 38.4 Å². The Morgan fingerprint density at radius 1 is 1.09 bits per heavy atom. The molecule has 0 aliphatic carbocycles. The van der Waals surface area contributed by atoms with E-state index in [0.29, 0.717) is 5.52 Å². The lowest BCUT2D eigenvalue weighted by atomic mass is 9.98. The number of non-ortho nitro benzene ring substituents is 1. The van der Waals surface area contributed by atoms with Crippen LogP contribution in [0.4, 0.5) is 5.69 Å². The Kier molecular flexibility index (Phi) is 6.66. The van der Waals surface area contributed by atoms with Gasteiger partial charge in [0.05, 0.1) is 16.4 Å². The van der Waals surface area contributed by atoms with E-state index in [2.05, 4.69) is 4.98 Å². The van der Waals surface area contributed by atoms with Crippen LogP contribution in [0.2, 0.25) is 0 Å². The maximum absolute atomic E-state index is 13.2. The van der Waals surface area contributed by atoms with Gasteiger partial charge < -0.3 is 4.74 Å². The SMILES string of the molecule is O=C(COC(=O)C1CCN(S(=O)(=O)c2cccc3cccnc23)CC1)c1cccc([N+](=O)[O-])c1. The van der Waals surface area contributed by atoms with Gasteiger partial charge in [-0.15, -0.1) is 0 Å². The van der Waals surface area contributed by atoms with Crippen LogP contribution >= 0.6 is 0 Å². The van der Waals surface area contributed by atoms with E-state index in [1.807, 2.05) is 0 Å². The Hall–Kier alpha value is -3.70. The number of nitro groups is 1. The first-order valence-electron chi connectivity index (χ1n) is 10.6. The molecule has 34 heavy (non-hydrogen) atoms. The minimum atomic E-state index is -3.80. The van der Waals surface area contributed by atoms with Crippen molar-refractivity contribution in [2.45, 2.75) is 17.7 Å². The van der Waals surface area contributed by atoms with Crippen molar-refractivity contribution in [2.24, 2.45) is 5.92 Å². The minimum Gasteiger partial charge on any atom is -0.457 e. The van der Waals surface area contributed by atoms with Crippen LogP contribution in [0.25, 0.3) is 10.9 Å². The molecular formula is C23H21N3O7S. The van der Waals surface area contributed by atoms with E-state index >= 15 is 0 Å². The van der Waals surface area contributed by atoms with Crippen molar-refractivity contribution < 1.29 is 27.7 Å². The third-order valence-electron chi connectivity index (χ3n) is 5.73. The number of hydrogen-bond donors (Lipinski definition) is 0. The van der Waals surface area contributed by atoms with Crippen LogP contribution in [0.1, 0.15) is 23.2 Å². The standard InChI is InChI=1S/C23H21N3O7S/c27-20(18-5-1-7-19(14-18)26(29)30)15-33-23(28)17-9-12-25(13-10-17)34(31,32)21-8-2-4-16-6-3-11-24-22(16)21/h1-8,11,14,17H,9-10,12-13,15H2. The number of pyridine rings is 1. The predicted molar refractivity (Wildman–Crippen MR) is 122 cm³/mol. The van der Waals surface area contributed by atoms with Gasteiger partial charge in [0, 0.05) is 42.4 Å². The summed E-state index contributed by atoms with van der Waals surface area (Å²) in [6.45, 7) is -0.283. The van der Waals surface area contributed by atoms with Crippen molar-refractivity contribution in [3.05, 3.63) is 76.5 Å². The highest BCUT2D eigenvalue weighted by Crippen LogP contribution is 2.28. The number of ketones is 1. The number of carbonyl (C=O) groups excluding carboxylic acids is 2. The summed E-state index contributed by atoms with van der Waals surface area (Å²) >= 11 is 0. The second-order valence-electron chi connectivity index (χ2n) is 7.85. The molecule has 0 atom stereocenters. The molecule has 1 saturated heterocycles. The Morgan fingerprint density at radius 3 is 2.53 bits per heavy atom. The zero-order chi connectivity index (χ0) is 24.3. The Balaban J connectivity index is 1.36. The molecule has 0 radical (unpaired) electrons. The van der Waals surface area contributed by atoms with Crippen molar-refractivity contribution in [3.63, 3.8) is 0 Å². The van der Waals surface area contributed by atoms with Gasteiger partial charge >= 0.3 is 5.97 Å². The van der Waals surface area contributed by atoms with Crippen molar-refractivity contribution in [2.75, 3.05) is 19.7 Å². The monoisotopic (exact) mass is 483 g/mol. The fourth-order valence-corrected chi connectivity index (χ4v) is 5.52. The summed E-state index contributed by atoms with van der Waals surface area (Å²) in [4.78, 5) is 39.3. The molecule has 2 heterocycles.